The molecule has 0 aromatic carbocycles. The fourth-order valence-electron chi connectivity index (χ4n) is 3.18. The first-order valence-electron chi connectivity index (χ1n) is 7.75. The van der Waals surface area contributed by atoms with Gasteiger partial charge in [-0.25, -0.2) is 0 Å². The third kappa shape index (κ3) is 3.13. The van der Waals surface area contributed by atoms with Gasteiger partial charge in [0, 0.05) is 25.4 Å². The molecule has 5 nitrogen and oxygen atoms in total. The van der Waals surface area contributed by atoms with Gasteiger partial charge in [0.15, 0.2) is 5.82 Å². The lowest BCUT2D eigenvalue weighted by molar-refractivity contribution is 0.213. The number of aromatic nitrogens is 3. The quantitative estimate of drug-likeness (QED) is 0.914. The van der Waals surface area contributed by atoms with Crippen molar-refractivity contribution in [1.29, 1.82) is 0 Å². The van der Waals surface area contributed by atoms with Gasteiger partial charge in [0.2, 0.25) is 5.89 Å². The van der Waals surface area contributed by atoms with E-state index in [-0.39, 0.29) is 5.41 Å². The van der Waals surface area contributed by atoms with Crippen LogP contribution in [0.4, 0.5) is 0 Å². The summed E-state index contributed by atoms with van der Waals surface area (Å²) >= 11 is 0. The molecule has 0 saturated carbocycles. The molecule has 0 radical (unpaired) electrons. The van der Waals surface area contributed by atoms with Crippen LogP contribution in [0.2, 0.25) is 0 Å². The molecule has 2 aromatic rings. The van der Waals surface area contributed by atoms with E-state index in [0.29, 0.717) is 6.42 Å². The summed E-state index contributed by atoms with van der Waals surface area (Å²) in [6.45, 7) is 4.24. The topological polar surface area (TPSA) is 63.8 Å². The molecule has 1 fully saturated rings. The second-order valence-electron chi connectivity index (χ2n) is 5.86. The number of rotatable bonds is 5. The van der Waals surface area contributed by atoms with Crippen LogP contribution in [0.25, 0.3) is 0 Å². The number of nitrogens with one attached hydrogen (secondary N) is 1. The fraction of sp³-hybridized carbons (Fsp3) is 0.562. The molecule has 0 aliphatic carbocycles. The lowest BCUT2D eigenvalue weighted by Gasteiger charge is -2.34. The Hall–Kier alpha value is -1.75. The molecule has 5 heteroatoms. The van der Waals surface area contributed by atoms with E-state index in [1.807, 2.05) is 18.3 Å². The molecule has 1 N–H and O–H groups in total. The van der Waals surface area contributed by atoms with Crippen molar-refractivity contribution < 1.29 is 4.52 Å². The van der Waals surface area contributed by atoms with E-state index in [0.717, 1.165) is 49.6 Å². The van der Waals surface area contributed by atoms with Crippen molar-refractivity contribution in [2.24, 2.45) is 0 Å². The number of hydrogen-bond donors (Lipinski definition) is 1. The van der Waals surface area contributed by atoms with Crippen LogP contribution >= 0.6 is 0 Å². The van der Waals surface area contributed by atoms with Crippen LogP contribution in [0.3, 0.4) is 0 Å². The van der Waals surface area contributed by atoms with Gasteiger partial charge < -0.3 is 9.84 Å². The zero-order chi connectivity index (χ0) is 14.5. The Balaban J connectivity index is 1.79. The summed E-state index contributed by atoms with van der Waals surface area (Å²) in [6, 6.07) is 3.97. The summed E-state index contributed by atoms with van der Waals surface area (Å²) in [4.78, 5) is 8.80. The van der Waals surface area contributed by atoms with E-state index in [1.165, 1.54) is 6.42 Å². The van der Waals surface area contributed by atoms with Crippen LogP contribution < -0.4 is 5.32 Å². The molecule has 112 valence electrons. The van der Waals surface area contributed by atoms with E-state index >= 15 is 0 Å². The van der Waals surface area contributed by atoms with Gasteiger partial charge in [-0.15, -0.1) is 0 Å². The second kappa shape index (κ2) is 6.35. The molecule has 3 heterocycles. The van der Waals surface area contributed by atoms with Crippen LogP contribution in [-0.4, -0.2) is 28.2 Å². The monoisotopic (exact) mass is 286 g/mol. The largest absolute Gasteiger partial charge is 0.339 e. The predicted octanol–water partition coefficient (Wildman–Crippen LogP) is 2.48. The van der Waals surface area contributed by atoms with Crippen LogP contribution in [0.15, 0.2) is 29.0 Å². The molecule has 1 aliphatic heterocycles. The Morgan fingerprint density at radius 1 is 1.43 bits per heavy atom. The summed E-state index contributed by atoms with van der Waals surface area (Å²) < 4.78 is 5.61. The molecule has 1 saturated heterocycles. The third-order valence-electron chi connectivity index (χ3n) is 4.21. The Kier molecular flexibility index (Phi) is 4.29. The molecule has 3 rings (SSSR count). The lowest BCUT2D eigenvalue weighted by Crippen LogP contribution is -2.43. The highest BCUT2D eigenvalue weighted by Crippen LogP contribution is 2.34. The molecule has 2 aromatic heterocycles. The Labute approximate surface area is 125 Å². The highest BCUT2D eigenvalue weighted by molar-refractivity contribution is 5.15. The van der Waals surface area contributed by atoms with E-state index in [9.17, 15) is 0 Å². The summed E-state index contributed by atoms with van der Waals surface area (Å²) in [7, 11) is 0. The molecule has 1 atom stereocenters. The maximum absolute atomic E-state index is 5.61. The van der Waals surface area contributed by atoms with Gasteiger partial charge in [0.05, 0.1) is 5.41 Å². The maximum Gasteiger partial charge on any atom is 0.234 e. The first-order valence-corrected chi connectivity index (χ1v) is 7.75. The van der Waals surface area contributed by atoms with Crippen molar-refractivity contribution in [1.82, 2.24) is 20.4 Å². The van der Waals surface area contributed by atoms with Crippen LogP contribution in [0.1, 0.15) is 49.9 Å². The van der Waals surface area contributed by atoms with Gasteiger partial charge in [-0.1, -0.05) is 24.6 Å². The molecular weight excluding hydrogens is 264 g/mol. The van der Waals surface area contributed by atoms with Crippen molar-refractivity contribution in [2.45, 2.75) is 44.4 Å². The SMILES string of the molecule is CCCC1(c2nc(Cc3cccnc3)no2)CCCNC1. The fourth-order valence-corrected chi connectivity index (χ4v) is 3.18. The van der Waals surface area contributed by atoms with Crippen molar-refractivity contribution >= 4 is 0 Å². The minimum Gasteiger partial charge on any atom is -0.339 e. The van der Waals surface area contributed by atoms with Gasteiger partial charge in [-0.3, -0.25) is 4.98 Å². The maximum atomic E-state index is 5.61. The standard InChI is InChI=1S/C16H22N4O/c1-2-6-16(7-4-9-18-12-16)15-19-14(20-21-15)10-13-5-3-8-17-11-13/h3,5,8,11,18H,2,4,6-7,9-10,12H2,1H3. The molecule has 0 spiro atoms. The molecule has 0 amide bonds. The smallest absolute Gasteiger partial charge is 0.234 e. The minimum absolute atomic E-state index is 0.0210. The first kappa shape index (κ1) is 14.2. The minimum atomic E-state index is 0.0210. The highest BCUT2D eigenvalue weighted by atomic mass is 16.5. The van der Waals surface area contributed by atoms with Gasteiger partial charge in [0.25, 0.3) is 0 Å². The normalized spacial score (nSPS) is 22.3. The summed E-state index contributed by atoms with van der Waals surface area (Å²) in [6.07, 6.45) is 8.81. The van der Waals surface area contributed by atoms with Crippen molar-refractivity contribution in [3.05, 3.63) is 41.8 Å². The lowest BCUT2D eigenvalue weighted by atomic mass is 9.77. The summed E-state index contributed by atoms with van der Waals surface area (Å²) in [5.41, 5.74) is 1.13. The van der Waals surface area contributed by atoms with E-state index in [4.69, 9.17) is 4.52 Å². The van der Waals surface area contributed by atoms with Crippen molar-refractivity contribution in [3.8, 4) is 0 Å². The van der Waals surface area contributed by atoms with E-state index in [2.05, 4.69) is 27.4 Å². The second-order valence-corrected chi connectivity index (χ2v) is 5.86. The average Bonchev–Trinajstić information content (AvgIpc) is 2.99. The third-order valence-corrected chi connectivity index (χ3v) is 4.21. The molecule has 0 bridgehead atoms. The first-order chi connectivity index (χ1) is 10.3. The molecular formula is C16H22N4O. The van der Waals surface area contributed by atoms with E-state index in [1.54, 1.807) is 6.20 Å². The number of hydrogen-bond acceptors (Lipinski definition) is 5. The van der Waals surface area contributed by atoms with E-state index < -0.39 is 0 Å². The molecule has 21 heavy (non-hydrogen) atoms. The van der Waals surface area contributed by atoms with Crippen LogP contribution in [-0.2, 0) is 11.8 Å². The Bertz CT molecular complexity index is 555. The molecule has 1 aliphatic rings. The zero-order valence-corrected chi connectivity index (χ0v) is 12.5. The van der Waals surface area contributed by atoms with Crippen LogP contribution in [0, 0.1) is 0 Å². The summed E-state index contributed by atoms with van der Waals surface area (Å²) in [5, 5.41) is 7.65. The van der Waals surface area contributed by atoms with Gasteiger partial charge in [-0.05, 0) is 37.4 Å². The van der Waals surface area contributed by atoms with Crippen LogP contribution in [0.5, 0.6) is 0 Å². The van der Waals surface area contributed by atoms with Gasteiger partial charge >= 0.3 is 0 Å². The molecule has 1 unspecified atom stereocenters. The predicted molar refractivity (Wildman–Crippen MR) is 80.0 cm³/mol. The van der Waals surface area contributed by atoms with Crippen molar-refractivity contribution in [3.63, 3.8) is 0 Å². The van der Waals surface area contributed by atoms with Gasteiger partial charge in [-0.2, -0.15) is 4.98 Å². The summed E-state index contributed by atoms with van der Waals surface area (Å²) in [5.74, 6) is 1.55. The van der Waals surface area contributed by atoms with Gasteiger partial charge in [0.1, 0.15) is 0 Å². The number of pyridine rings is 1. The number of piperidine rings is 1. The Morgan fingerprint density at radius 2 is 2.38 bits per heavy atom. The highest BCUT2D eigenvalue weighted by Gasteiger charge is 2.38. The van der Waals surface area contributed by atoms with Crippen molar-refractivity contribution in [2.75, 3.05) is 13.1 Å². The number of nitrogens with zero attached hydrogens (tertiary/aromatic N) is 3. The average molecular weight is 286 g/mol. The Morgan fingerprint density at radius 3 is 3.10 bits per heavy atom. The zero-order valence-electron chi connectivity index (χ0n) is 12.5.